The van der Waals surface area contributed by atoms with Gasteiger partial charge in [-0.1, -0.05) is 24.3 Å². The molecule has 0 spiro atoms. The van der Waals surface area contributed by atoms with Crippen molar-refractivity contribution in [1.82, 2.24) is 5.32 Å². The van der Waals surface area contributed by atoms with Gasteiger partial charge in [0.05, 0.1) is 19.1 Å². The number of ether oxygens (including phenoxy) is 2. The fourth-order valence-electron chi connectivity index (χ4n) is 1.82. The van der Waals surface area contributed by atoms with Crippen molar-refractivity contribution >= 4 is 5.91 Å². The topological polar surface area (TPSA) is 73.6 Å². The lowest BCUT2D eigenvalue weighted by Crippen LogP contribution is -2.32. The number of amides is 1. The summed E-state index contributed by atoms with van der Waals surface area (Å²) >= 11 is 0. The predicted molar refractivity (Wildman–Crippen MR) is 78.1 cm³/mol. The van der Waals surface area contributed by atoms with Gasteiger partial charge in [-0.2, -0.15) is 0 Å². The van der Waals surface area contributed by atoms with Gasteiger partial charge in [0.15, 0.2) is 0 Å². The maximum Gasteiger partial charge on any atom is 0.222 e. The van der Waals surface area contributed by atoms with E-state index in [2.05, 4.69) is 5.32 Å². The van der Waals surface area contributed by atoms with Crippen molar-refractivity contribution in [3.63, 3.8) is 0 Å². The summed E-state index contributed by atoms with van der Waals surface area (Å²) in [5, 5.41) is 2.88. The summed E-state index contributed by atoms with van der Waals surface area (Å²) in [6.45, 7) is 4.02. The molecule has 112 valence electrons. The number of carbonyl (C=O) groups is 1. The third kappa shape index (κ3) is 5.69. The molecule has 0 aliphatic heterocycles. The van der Waals surface area contributed by atoms with Crippen LogP contribution in [-0.2, 0) is 27.4 Å². The van der Waals surface area contributed by atoms with Gasteiger partial charge < -0.3 is 20.5 Å². The molecule has 0 fully saturated rings. The molecule has 1 atom stereocenters. The van der Waals surface area contributed by atoms with Crippen LogP contribution in [-0.4, -0.2) is 32.3 Å². The summed E-state index contributed by atoms with van der Waals surface area (Å²) in [5.74, 6) is -0.0616. The molecule has 0 heterocycles. The summed E-state index contributed by atoms with van der Waals surface area (Å²) < 4.78 is 10.5. The Bertz CT molecular complexity index is 406. The van der Waals surface area contributed by atoms with Crippen LogP contribution in [0.2, 0.25) is 0 Å². The summed E-state index contributed by atoms with van der Waals surface area (Å²) in [7, 11) is 1.56. The molecule has 0 saturated carbocycles. The molecule has 1 unspecified atom stereocenters. The molecule has 0 aromatic heterocycles. The second-order valence-electron chi connectivity index (χ2n) is 4.48. The molecular weight excluding hydrogens is 256 g/mol. The van der Waals surface area contributed by atoms with Crippen molar-refractivity contribution < 1.29 is 14.3 Å². The highest BCUT2D eigenvalue weighted by molar-refractivity contribution is 5.76. The molecule has 5 heteroatoms. The summed E-state index contributed by atoms with van der Waals surface area (Å²) in [6, 6.07) is 7.92. The molecule has 1 aromatic rings. The van der Waals surface area contributed by atoms with Crippen LogP contribution < -0.4 is 11.1 Å². The monoisotopic (exact) mass is 280 g/mol. The van der Waals surface area contributed by atoms with Crippen LogP contribution in [0.1, 0.15) is 24.5 Å². The Labute approximate surface area is 120 Å². The first-order valence-corrected chi connectivity index (χ1v) is 6.85. The first-order chi connectivity index (χ1) is 9.71. The van der Waals surface area contributed by atoms with Crippen LogP contribution in [0.15, 0.2) is 24.3 Å². The molecule has 3 N–H and O–H groups in total. The highest BCUT2D eigenvalue weighted by Crippen LogP contribution is 2.10. The van der Waals surface area contributed by atoms with Crippen molar-refractivity contribution in [2.24, 2.45) is 5.73 Å². The van der Waals surface area contributed by atoms with Crippen LogP contribution in [0.5, 0.6) is 0 Å². The molecule has 0 aliphatic rings. The maximum atomic E-state index is 11.8. The van der Waals surface area contributed by atoms with E-state index in [-0.39, 0.29) is 18.4 Å². The lowest BCUT2D eigenvalue weighted by atomic mass is 10.1. The van der Waals surface area contributed by atoms with E-state index in [0.29, 0.717) is 26.3 Å². The van der Waals surface area contributed by atoms with E-state index < -0.39 is 0 Å². The van der Waals surface area contributed by atoms with Crippen LogP contribution in [0.3, 0.4) is 0 Å². The van der Waals surface area contributed by atoms with Gasteiger partial charge in [-0.15, -0.1) is 0 Å². The second kappa shape index (κ2) is 9.47. The predicted octanol–water partition coefficient (Wildman–Crippen LogP) is 1.20. The zero-order valence-corrected chi connectivity index (χ0v) is 12.2. The molecule has 1 amide bonds. The Morgan fingerprint density at radius 1 is 1.35 bits per heavy atom. The minimum absolute atomic E-state index is 0.0616. The van der Waals surface area contributed by atoms with Crippen molar-refractivity contribution in [3.8, 4) is 0 Å². The van der Waals surface area contributed by atoms with Crippen molar-refractivity contribution in [2.75, 3.05) is 20.3 Å². The van der Waals surface area contributed by atoms with Gasteiger partial charge in [0, 0.05) is 26.8 Å². The summed E-state index contributed by atoms with van der Waals surface area (Å²) in [6.07, 6.45) is 0.0503. The fourth-order valence-corrected chi connectivity index (χ4v) is 1.82. The minimum atomic E-state index is -0.228. The van der Waals surface area contributed by atoms with E-state index in [1.807, 2.05) is 31.2 Å². The Hall–Kier alpha value is -1.43. The minimum Gasteiger partial charge on any atom is -0.380 e. The number of rotatable bonds is 9. The lowest BCUT2D eigenvalue weighted by molar-refractivity contribution is -0.123. The molecule has 0 saturated heterocycles. The van der Waals surface area contributed by atoms with E-state index >= 15 is 0 Å². The summed E-state index contributed by atoms with van der Waals surface area (Å²) in [5.41, 5.74) is 7.66. The fraction of sp³-hybridized carbons (Fsp3) is 0.533. The quantitative estimate of drug-likeness (QED) is 0.713. The molecule has 0 aliphatic carbocycles. The van der Waals surface area contributed by atoms with Crippen molar-refractivity contribution in [3.05, 3.63) is 35.4 Å². The van der Waals surface area contributed by atoms with E-state index in [1.54, 1.807) is 7.11 Å². The zero-order valence-electron chi connectivity index (χ0n) is 12.2. The average Bonchev–Trinajstić information content (AvgIpc) is 2.49. The standard InChI is InChI=1S/C15H24N2O3/c1-3-20-11-13-7-5-4-6-12(13)10-17-15(18)8-14(9-16)19-2/h4-7,14H,3,8-11,16H2,1-2H3,(H,17,18). The third-order valence-electron chi connectivity index (χ3n) is 3.07. The molecule has 5 nitrogen and oxygen atoms in total. The Morgan fingerprint density at radius 2 is 2.05 bits per heavy atom. The molecule has 1 aromatic carbocycles. The molecule has 1 rings (SSSR count). The number of nitrogens with one attached hydrogen (secondary N) is 1. The molecule has 0 bridgehead atoms. The average molecular weight is 280 g/mol. The highest BCUT2D eigenvalue weighted by Gasteiger charge is 2.11. The lowest BCUT2D eigenvalue weighted by Gasteiger charge is -2.14. The van der Waals surface area contributed by atoms with E-state index in [0.717, 1.165) is 11.1 Å². The highest BCUT2D eigenvalue weighted by atomic mass is 16.5. The first-order valence-electron chi connectivity index (χ1n) is 6.85. The van der Waals surface area contributed by atoms with Gasteiger partial charge in [0.2, 0.25) is 5.91 Å². The Kier molecular flexibility index (Phi) is 7.87. The van der Waals surface area contributed by atoms with Crippen molar-refractivity contribution in [1.29, 1.82) is 0 Å². The Morgan fingerprint density at radius 3 is 2.65 bits per heavy atom. The largest absolute Gasteiger partial charge is 0.380 e. The van der Waals surface area contributed by atoms with Crippen LogP contribution in [0.25, 0.3) is 0 Å². The van der Waals surface area contributed by atoms with Gasteiger partial charge >= 0.3 is 0 Å². The van der Waals surface area contributed by atoms with Crippen LogP contribution >= 0.6 is 0 Å². The number of hydrogen-bond acceptors (Lipinski definition) is 4. The van der Waals surface area contributed by atoms with Crippen molar-refractivity contribution in [2.45, 2.75) is 32.6 Å². The van der Waals surface area contributed by atoms with E-state index in [9.17, 15) is 4.79 Å². The zero-order chi connectivity index (χ0) is 14.8. The van der Waals surface area contributed by atoms with Crippen LogP contribution in [0, 0.1) is 0 Å². The number of benzene rings is 1. The second-order valence-corrected chi connectivity index (χ2v) is 4.48. The van der Waals surface area contributed by atoms with E-state index in [1.165, 1.54) is 0 Å². The third-order valence-corrected chi connectivity index (χ3v) is 3.07. The van der Waals surface area contributed by atoms with Crippen LogP contribution in [0.4, 0.5) is 0 Å². The SMILES string of the molecule is CCOCc1ccccc1CNC(=O)CC(CN)OC. The van der Waals surface area contributed by atoms with E-state index in [4.69, 9.17) is 15.2 Å². The number of nitrogens with two attached hydrogens (primary N) is 1. The number of methoxy groups -OCH3 is 1. The summed E-state index contributed by atoms with van der Waals surface area (Å²) in [4.78, 5) is 11.8. The number of carbonyl (C=O) groups excluding carboxylic acids is 1. The number of hydrogen-bond donors (Lipinski definition) is 2. The van der Waals surface area contributed by atoms with Gasteiger partial charge in [0.1, 0.15) is 0 Å². The van der Waals surface area contributed by atoms with Gasteiger partial charge in [-0.3, -0.25) is 4.79 Å². The normalized spacial score (nSPS) is 12.2. The Balaban J connectivity index is 2.50. The smallest absolute Gasteiger partial charge is 0.222 e. The molecule has 0 radical (unpaired) electrons. The maximum absolute atomic E-state index is 11.8. The molecule has 20 heavy (non-hydrogen) atoms. The first kappa shape index (κ1) is 16.6. The van der Waals surface area contributed by atoms with Gasteiger partial charge in [-0.25, -0.2) is 0 Å². The van der Waals surface area contributed by atoms with Gasteiger partial charge in [0.25, 0.3) is 0 Å². The molecular formula is C15H24N2O3. The van der Waals surface area contributed by atoms with Gasteiger partial charge in [-0.05, 0) is 18.1 Å².